The first-order valence-corrected chi connectivity index (χ1v) is 21.2. The van der Waals surface area contributed by atoms with E-state index in [1.807, 2.05) is 24.3 Å². The zero-order valence-electron chi connectivity index (χ0n) is 41.6. The molecule has 0 amide bonds. The summed E-state index contributed by atoms with van der Waals surface area (Å²) in [6, 6.07) is 14.8. The molecule has 4 unspecified atom stereocenters. The van der Waals surface area contributed by atoms with Gasteiger partial charge in [0.1, 0.15) is 23.1 Å². The monoisotopic (exact) mass is 1270 g/mol. The van der Waals surface area contributed by atoms with E-state index in [1.165, 1.54) is 27.7 Å². The van der Waals surface area contributed by atoms with Crippen molar-refractivity contribution in [3.8, 4) is 0 Å². The van der Waals surface area contributed by atoms with Crippen LogP contribution in [0, 0.1) is 7.11 Å². The molecule has 17 heteroatoms. The molecule has 10 N–H and O–H groups in total. The van der Waals surface area contributed by atoms with E-state index >= 15 is 0 Å². The number of ketones is 4. The number of aliphatic hydroxyl groups excluding tert-OH is 10. The van der Waals surface area contributed by atoms with Gasteiger partial charge in [-0.25, -0.2) is 7.11 Å². The molecule has 0 heterocycles. The summed E-state index contributed by atoms with van der Waals surface area (Å²) in [5, 5.41) is 84.2. The molecule has 15 nitrogen and oxygen atoms in total. The molecule has 0 saturated carbocycles. The molecule has 0 fully saturated rings. The number of aliphatic hydroxyl groups is 10. The van der Waals surface area contributed by atoms with Gasteiger partial charge in [0.25, 0.3) is 0 Å². The van der Waals surface area contributed by atoms with Gasteiger partial charge < -0.3 is 55.8 Å². The fraction of sp³-hybridized carbons (Fsp3) is 0.646. The molecule has 0 aliphatic heterocycles. The van der Waals surface area contributed by atoms with E-state index < -0.39 is 24.4 Å². The number of hydrogen-bond donors (Lipinski definition) is 10. The second-order valence-electron chi connectivity index (χ2n) is 14.7. The SMILES string of the molecule is CC(=O)CC(C)O.CC(=O)CC(C)O.CC(=O)CC(C)O.CC(=O)CC(C)O.CC(C)O.CCCCO.CCCCO.OCc1ccc(CO)cc1.[CH2-]OCc1ccc(CO)cc1.[Hf].[Hf]. The molecule has 0 saturated heterocycles. The van der Waals surface area contributed by atoms with Gasteiger partial charge in [0.2, 0.25) is 0 Å². The van der Waals surface area contributed by atoms with Gasteiger partial charge in [0.15, 0.2) is 0 Å². The predicted molar refractivity (Wildman–Crippen MR) is 250 cm³/mol. The van der Waals surface area contributed by atoms with Gasteiger partial charge >= 0.3 is 0 Å². The van der Waals surface area contributed by atoms with E-state index in [9.17, 15) is 19.2 Å². The van der Waals surface area contributed by atoms with E-state index in [4.69, 9.17) is 51.1 Å². The van der Waals surface area contributed by atoms with E-state index in [1.54, 1.807) is 65.8 Å². The van der Waals surface area contributed by atoms with Crippen molar-refractivity contribution in [2.75, 3.05) is 13.2 Å². The number of benzene rings is 2. The summed E-state index contributed by atoms with van der Waals surface area (Å²) in [6.45, 7) is 21.2. The molecule has 4 atom stereocenters. The smallest absolute Gasteiger partial charge is 0.132 e. The minimum Gasteiger partial charge on any atom is -0.552 e. The van der Waals surface area contributed by atoms with Crippen molar-refractivity contribution < 1.29 is 127 Å². The largest absolute Gasteiger partial charge is 0.552 e. The second kappa shape index (κ2) is 64.5. The maximum atomic E-state index is 10.1. The van der Waals surface area contributed by atoms with Crippen molar-refractivity contribution >= 4 is 23.1 Å². The molecule has 2 aromatic carbocycles. The van der Waals surface area contributed by atoms with E-state index in [0.29, 0.717) is 19.8 Å². The Kier molecular flexibility index (Phi) is 82.8. The van der Waals surface area contributed by atoms with Crippen molar-refractivity contribution in [1.29, 1.82) is 0 Å². The molecule has 2 aromatic rings. The molecule has 0 spiro atoms. The Morgan fingerprint density at radius 2 is 0.646 bits per heavy atom. The third-order valence-electron chi connectivity index (χ3n) is 6.22. The Labute approximate surface area is 429 Å². The molecule has 380 valence electrons. The summed E-state index contributed by atoms with van der Waals surface area (Å²) in [5.41, 5.74) is 3.73. The van der Waals surface area contributed by atoms with Crippen LogP contribution in [0.5, 0.6) is 0 Å². The molecule has 65 heavy (non-hydrogen) atoms. The van der Waals surface area contributed by atoms with Crippen molar-refractivity contribution in [3.63, 3.8) is 0 Å². The first-order chi connectivity index (χ1) is 29.3. The summed E-state index contributed by atoms with van der Waals surface area (Å²) < 4.78 is 4.69. The van der Waals surface area contributed by atoms with Crippen LogP contribution in [-0.2, 0) is 102 Å². The zero-order valence-corrected chi connectivity index (χ0v) is 48.8. The summed E-state index contributed by atoms with van der Waals surface area (Å²) in [6.07, 6.45) is 3.12. The topological polar surface area (TPSA) is 280 Å². The van der Waals surface area contributed by atoms with Gasteiger partial charge in [-0.15, -0.1) is 0 Å². The summed E-state index contributed by atoms with van der Waals surface area (Å²) >= 11 is 0. The van der Waals surface area contributed by atoms with Crippen LogP contribution < -0.4 is 0 Å². The third kappa shape index (κ3) is 101. The second-order valence-corrected chi connectivity index (χ2v) is 14.7. The predicted octanol–water partition coefficient (Wildman–Crippen LogP) is 5.48. The van der Waals surface area contributed by atoms with Crippen molar-refractivity contribution in [1.82, 2.24) is 0 Å². The molecular formula is C48H89Hf2O15-. The molecule has 2 rings (SSSR count). The number of carbonyl (C=O) groups is 4. The van der Waals surface area contributed by atoms with E-state index in [-0.39, 0.29) is 126 Å². The van der Waals surface area contributed by atoms with Gasteiger partial charge in [-0.3, -0.25) is 19.2 Å². The van der Waals surface area contributed by atoms with Crippen LogP contribution in [0.1, 0.15) is 157 Å². The molecule has 0 aliphatic carbocycles. The fourth-order valence-electron chi connectivity index (χ4n) is 3.59. The first kappa shape index (κ1) is 83.4. The minimum absolute atomic E-state index is 0. The van der Waals surface area contributed by atoms with E-state index in [0.717, 1.165) is 47.9 Å². The van der Waals surface area contributed by atoms with Crippen LogP contribution in [0.2, 0.25) is 0 Å². The van der Waals surface area contributed by atoms with Crippen LogP contribution in [0.25, 0.3) is 0 Å². The van der Waals surface area contributed by atoms with Gasteiger partial charge in [0.05, 0.1) is 44.2 Å². The van der Waals surface area contributed by atoms with Crippen LogP contribution in [0.4, 0.5) is 0 Å². The summed E-state index contributed by atoms with van der Waals surface area (Å²) in [7, 11) is 3.27. The third-order valence-corrected chi connectivity index (χ3v) is 6.22. The van der Waals surface area contributed by atoms with Crippen molar-refractivity contribution in [2.24, 2.45) is 0 Å². The Balaban J connectivity index is -0.0000000785. The van der Waals surface area contributed by atoms with Crippen LogP contribution in [0.15, 0.2) is 48.5 Å². The standard InChI is InChI=1S/C9H11O2.C8H10O2.4C5H10O2.2C4H10O.C3H8O.2Hf/c1-11-7-9-4-2-8(6-10)3-5-9;9-5-7-1-2-8(6-10)4-3-7;4*1-4(6)3-5(2)7;2*1-2-3-4-5;1-3(2)4;;/h2-5,10H,1,6-7H2;1-4,9-10H,5-6H2;4*4,6H,3H2,1-2H3;2*5H,2-4H2,1H3;3-4H,1-2H3;;/q-1;;;;;;;;;;. The fourth-order valence-corrected chi connectivity index (χ4v) is 3.59. The Morgan fingerprint density at radius 1 is 0.462 bits per heavy atom. The number of rotatable bonds is 17. The number of carbonyl (C=O) groups excluding carboxylic acids is 4. The number of Topliss-reactive ketones (excluding diaryl/α,β-unsaturated/α-hetero) is 4. The average molecular weight is 1260 g/mol. The summed E-state index contributed by atoms with van der Waals surface area (Å²) in [5.74, 6) is 0.148. The number of ether oxygens (including phenoxy) is 1. The molecular weight excluding hydrogens is 1170 g/mol. The van der Waals surface area contributed by atoms with Crippen LogP contribution >= 0.6 is 0 Å². The van der Waals surface area contributed by atoms with E-state index in [2.05, 4.69) is 25.7 Å². The maximum Gasteiger partial charge on any atom is 0.132 e. The maximum absolute atomic E-state index is 10.1. The minimum atomic E-state index is -0.475. The normalized spacial score (nSPS) is 10.9. The Bertz CT molecular complexity index is 1140. The first-order valence-electron chi connectivity index (χ1n) is 21.2. The number of hydrogen-bond acceptors (Lipinski definition) is 15. The zero-order chi connectivity index (χ0) is 50.8. The van der Waals surface area contributed by atoms with Gasteiger partial charge in [-0.05, 0) is 104 Å². The molecule has 0 bridgehead atoms. The van der Waals surface area contributed by atoms with Crippen molar-refractivity contribution in [3.05, 3.63) is 77.9 Å². The van der Waals surface area contributed by atoms with Gasteiger partial charge in [0, 0.05) is 103 Å². The molecule has 0 aromatic heterocycles. The quantitative estimate of drug-likeness (QED) is 0.0694. The molecule has 0 aliphatic rings. The van der Waals surface area contributed by atoms with Gasteiger partial charge in [-0.1, -0.05) is 75.2 Å². The van der Waals surface area contributed by atoms with Crippen LogP contribution in [-0.4, -0.2) is 118 Å². The van der Waals surface area contributed by atoms with Gasteiger partial charge in [-0.2, -0.15) is 0 Å². The van der Waals surface area contributed by atoms with Crippen molar-refractivity contribution in [2.45, 2.75) is 191 Å². The Hall–Kier alpha value is -1.58. The Morgan fingerprint density at radius 3 is 0.723 bits per heavy atom. The molecule has 0 radical (unpaired) electrons. The summed E-state index contributed by atoms with van der Waals surface area (Å²) in [4.78, 5) is 40.4. The van der Waals surface area contributed by atoms with Crippen LogP contribution in [0.3, 0.4) is 0 Å². The number of unbranched alkanes of at least 4 members (excludes halogenated alkanes) is 2. The average Bonchev–Trinajstić information content (AvgIpc) is 3.15.